The van der Waals surface area contributed by atoms with Crippen molar-refractivity contribution in [1.82, 2.24) is 15.1 Å². The molecule has 0 amide bonds. The van der Waals surface area contributed by atoms with Gasteiger partial charge in [0.15, 0.2) is 5.82 Å². The smallest absolute Gasteiger partial charge is 0.223 e. The van der Waals surface area contributed by atoms with Gasteiger partial charge in [-0.25, -0.2) is 4.98 Å². The Kier molecular flexibility index (Phi) is 2.49. The molecule has 2 aromatic heterocycles. The van der Waals surface area contributed by atoms with E-state index < -0.39 is 0 Å². The number of nitrogen functional groups attached to an aromatic ring is 1. The van der Waals surface area contributed by atoms with Gasteiger partial charge in [-0.05, 0) is 12.1 Å². The number of anilines is 2. The highest BCUT2D eigenvalue weighted by atomic mass is 16.5. The second-order valence-electron chi connectivity index (χ2n) is 3.05. The molecule has 0 unspecified atom stereocenters. The van der Waals surface area contributed by atoms with Gasteiger partial charge in [0.25, 0.3) is 0 Å². The number of pyridine rings is 1. The number of hydrogen-bond acceptors (Lipinski definition) is 6. The Morgan fingerprint density at radius 1 is 1.47 bits per heavy atom. The lowest BCUT2D eigenvalue weighted by molar-refractivity contribution is 0.388. The Labute approximate surface area is 86.5 Å². The molecule has 2 heterocycles. The van der Waals surface area contributed by atoms with E-state index in [2.05, 4.69) is 20.4 Å². The highest BCUT2D eigenvalue weighted by molar-refractivity contribution is 5.45. The topological polar surface area (TPSA) is 89.9 Å². The number of nitrogens with one attached hydrogen (secondary N) is 1. The molecule has 3 N–H and O–H groups in total. The van der Waals surface area contributed by atoms with Crippen LogP contribution in [-0.2, 0) is 6.54 Å². The standard InChI is InChI=1S/C9H11N5O/c1-6-13-9(14-15-6)5-11-7-2-3-8(10)12-4-7/h2-4,11H,5H2,1H3,(H2,10,12). The second-order valence-corrected chi connectivity index (χ2v) is 3.05. The first-order chi connectivity index (χ1) is 7.24. The minimum atomic E-state index is 0.496. The van der Waals surface area contributed by atoms with E-state index in [0.717, 1.165) is 5.69 Å². The maximum atomic E-state index is 5.46. The Balaban J connectivity index is 1.96. The molecule has 78 valence electrons. The third-order valence-electron chi connectivity index (χ3n) is 1.81. The van der Waals surface area contributed by atoms with Crippen LogP contribution < -0.4 is 11.1 Å². The van der Waals surface area contributed by atoms with Gasteiger partial charge in [0.05, 0.1) is 18.4 Å². The van der Waals surface area contributed by atoms with Crippen LogP contribution in [-0.4, -0.2) is 15.1 Å². The van der Waals surface area contributed by atoms with Crippen LogP contribution in [0.15, 0.2) is 22.9 Å². The van der Waals surface area contributed by atoms with Crippen LogP contribution in [0.2, 0.25) is 0 Å². The van der Waals surface area contributed by atoms with Crippen LogP contribution in [0.3, 0.4) is 0 Å². The van der Waals surface area contributed by atoms with E-state index in [-0.39, 0.29) is 0 Å². The number of hydrogen-bond donors (Lipinski definition) is 2. The van der Waals surface area contributed by atoms with Crippen LogP contribution in [0, 0.1) is 6.92 Å². The maximum absolute atomic E-state index is 5.46. The zero-order valence-corrected chi connectivity index (χ0v) is 8.27. The third kappa shape index (κ3) is 2.43. The quantitative estimate of drug-likeness (QED) is 0.775. The Bertz CT molecular complexity index is 436. The van der Waals surface area contributed by atoms with Crippen LogP contribution in [0.5, 0.6) is 0 Å². The zero-order valence-electron chi connectivity index (χ0n) is 8.27. The third-order valence-corrected chi connectivity index (χ3v) is 1.81. The summed E-state index contributed by atoms with van der Waals surface area (Å²) >= 11 is 0. The molecule has 0 radical (unpaired) electrons. The predicted molar refractivity (Wildman–Crippen MR) is 55.0 cm³/mol. The van der Waals surface area contributed by atoms with E-state index in [1.807, 2.05) is 6.07 Å². The average molecular weight is 205 g/mol. The normalized spacial score (nSPS) is 10.2. The maximum Gasteiger partial charge on any atom is 0.223 e. The summed E-state index contributed by atoms with van der Waals surface area (Å²) in [5.41, 5.74) is 6.33. The van der Waals surface area contributed by atoms with E-state index in [1.165, 1.54) is 0 Å². The molecule has 0 bridgehead atoms. The molecule has 0 saturated heterocycles. The number of nitrogens with two attached hydrogens (primary N) is 1. The summed E-state index contributed by atoms with van der Waals surface area (Å²) in [7, 11) is 0. The fourth-order valence-corrected chi connectivity index (χ4v) is 1.10. The molecule has 0 saturated carbocycles. The molecule has 0 aliphatic heterocycles. The highest BCUT2D eigenvalue weighted by Crippen LogP contribution is 2.08. The lowest BCUT2D eigenvalue weighted by Gasteiger charge is -2.02. The molecule has 0 atom stereocenters. The fourth-order valence-electron chi connectivity index (χ4n) is 1.10. The van der Waals surface area contributed by atoms with Crippen molar-refractivity contribution < 1.29 is 4.52 Å². The molecule has 0 spiro atoms. The second kappa shape index (κ2) is 3.95. The van der Waals surface area contributed by atoms with Crippen molar-refractivity contribution in [2.24, 2.45) is 0 Å². The first-order valence-corrected chi connectivity index (χ1v) is 4.48. The van der Waals surface area contributed by atoms with Gasteiger partial charge in [-0.1, -0.05) is 5.16 Å². The summed E-state index contributed by atoms with van der Waals surface area (Å²) in [6.45, 7) is 2.25. The number of aromatic nitrogens is 3. The van der Waals surface area contributed by atoms with Crippen molar-refractivity contribution in [1.29, 1.82) is 0 Å². The van der Waals surface area contributed by atoms with Crippen LogP contribution in [0.1, 0.15) is 11.7 Å². The number of rotatable bonds is 3. The molecule has 15 heavy (non-hydrogen) atoms. The van der Waals surface area contributed by atoms with Crippen LogP contribution in [0.25, 0.3) is 0 Å². The highest BCUT2D eigenvalue weighted by Gasteiger charge is 2.01. The summed E-state index contributed by atoms with van der Waals surface area (Å²) in [5, 5.41) is 6.85. The molecule has 6 heteroatoms. The van der Waals surface area contributed by atoms with Crippen molar-refractivity contribution >= 4 is 11.5 Å². The lowest BCUT2D eigenvalue weighted by atomic mass is 10.4. The van der Waals surface area contributed by atoms with Gasteiger partial charge in [-0.2, -0.15) is 4.98 Å². The van der Waals surface area contributed by atoms with Gasteiger partial charge in [0.1, 0.15) is 5.82 Å². The van der Waals surface area contributed by atoms with Crippen molar-refractivity contribution in [3.8, 4) is 0 Å². The molecule has 2 rings (SSSR count). The van der Waals surface area contributed by atoms with Gasteiger partial charge in [-0.3, -0.25) is 0 Å². The minimum absolute atomic E-state index is 0.496. The molecule has 0 aliphatic carbocycles. The molecule has 2 aromatic rings. The van der Waals surface area contributed by atoms with Crippen molar-refractivity contribution in [3.05, 3.63) is 30.0 Å². The predicted octanol–water partition coefficient (Wildman–Crippen LogP) is 0.967. The van der Waals surface area contributed by atoms with Gasteiger partial charge in [0.2, 0.25) is 5.89 Å². The Morgan fingerprint density at radius 3 is 2.93 bits per heavy atom. The summed E-state index contributed by atoms with van der Waals surface area (Å²) in [5.74, 6) is 1.67. The summed E-state index contributed by atoms with van der Waals surface area (Å²) in [6.07, 6.45) is 1.66. The molecule has 0 aliphatic rings. The van der Waals surface area contributed by atoms with Crippen molar-refractivity contribution in [3.63, 3.8) is 0 Å². The first kappa shape index (κ1) is 9.45. The molecule has 0 fully saturated rings. The van der Waals surface area contributed by atoms with Crippen LogP contribution >= 0.6 is 0 Å². The van der Waals surface area contributed by atoms with E-state index in [9.17, 15) is 0 Å². The van der Waals surface area contributed by atoms with E-state index >= 15 is 0 Å². The molecule has 0 aromatic carbocycles. The monoisotopic (exact) mass is 205 g/mol. The Hall–Kier alpha value is -2.11. The fraction of sp³-hybridized carbons (Fsp3) is 0.222. The van der Waals surface area contributed by atoms with Crippen LogP contribution in [0.4, 0.5) is 11.5 Å². The molecular formula is C9H11N5O. The minimum Gasteiger partial charge on any atom is -0.384 e. The zero-order chi connectivity index (χ0) is 10.7. The molecule has 6 nitrogen and oxygen atoms in total. The summed E-state index contributed by atoms with van der Waals surface area (Å²) < 4.78 is 4.84. The van der Waals surface area contributed by atoms with Gasteiger partial charge < -0.3 is 15.6 Å². The average Bonchev–Trinajstić information content (AvgIpc) is 2.64. The van der Waals surface area contributed by atoms with Crippen molar-refractivity contribution in [2.75, 3.05) is 11.1 Å². The Morgan fingerprint density at radius 2 is 2.33 bits per heavy atom. The summed E-state index contributed by atoms with van der Waals surface area (Å²) in [4.78, 5) is 8.01. The molecular weight excluding hydrogens is 194 g/mol. The largest absolute Gasteiger partial charge is 0.384 e. The van der Waals surface area contributed by atoms with Crippen molar-refractivity contribution in [2.45, 2.75) is 13.5 Å². The van der Waals surface area contributed by atoms with E-state index in [4.69, 9.17) is 10.3 Å². The van der Waals surface area contributed by atoms with Gasteiger partial charge >= 0.3 is 0 Å². The first-order valence-electron chi connectivity index (χ1n) is 4.48. The number of nitrogens with zero attached hydrogens (tertiary/aromatic N) is 3. The summed E-state index contributed by atoms with van der Waals surface area (Å²) in [6, 6.07) is 3.57. The SMILES string of the molecule is Cc1nc(CNc2ccc(N)nc2)no1. The van der Waals surface area contributed by atoms with Gasteiger partial charge in [0, 0.05) is 6.92 Å². The van der Waals surface area contributed by atoms with Gasteiger partial charge in [-0.15, -0.1) is 0 Å². The lowest BCUT2D eigenvalue weighted by Crippen LogP contribution is -2.02. The van der Waals surface area contributed by atoms with E-state index in [0.29, 0.717) is 24.1 Å². The van der Waals surface area contributed by atoms with E-state index in [1.54, 1.807) is 19.2 Å². The number of aryl methyl sites for hydroxylation is 1.